The first kappa shape index (κ1) is 27.7. The van der Waals surface area contributed by atoms with Gasteiger partial charge in [0.2, 0.25) is 0 Å². The Balaban J connectivity index is 1.53. The first-order valence-electron chi connectivity index (χ1n) is 11.7. The zero-order valence-electron chi connectivity index (χ0n) is 20.5. The zero-order chi connectivity index (χ0) is 27.7. The third-order valence-corrected chi connectivity index (χ3v) is 7.98. The molecule has 1 saturated carbocycles. The van der Waals surface area contributed by atoms with Crippen LogP contribution in [0.2, 0.25) is 0 Å². The second-order valence-electron chi connectivity index (χ2n) is 9.38. The van der Waals surface area contributed by atoms with Crippen LogP contribution in [0.15, 0.2) is 59.9 Å². The largest absolute Gasteiger partial charge is 0.416 e. The van der Waals surface area contributed by atoms with E-state index in [-0.39, 0.29) is 17.8 Å². The molecule has 1 aromatic heterocycles. The summed E-state index contributed by atoms with van der Waals surface area (Å²) in [5, 5.41) is 2.88. The third kappa shape index (κ3) is 6.21. The summed E-state index contributed by atoms with van der Waals surface area (Å²) in [4.78, 5) is 8.65. The number of sulfonamides is 1. The molecule has 3 aromatic rings. The summed E-state index contributed by atoms with van der Waals surface area (Å²) in [6.07, 6.45) is -0.629. The minimum Gasteiger partial charge on any atom is -0.376 e. The molecular formula is C25H26F5N5O2S. The van der Waals surface area contributed by atoms with Gasteiger partial charge < -0.3 is 10.2 Å². The predicted molar refractivity (Wildman–Crippen MR) is 132 cm³/mol. The number of halogens is 5. The average molecular weight is 556 g/mol. The fourth-order valence-corrected chi connectivity index (χ4v) is 5.76. The number of anilines is 2. The van der Waals surface area contributed by atoms with E-state index in [0.717, 1.165) is 18.5 Å². The second kappa shape index (κ2) is 10.8. The summed E-state index contributed by atoms with van der Waals surface area (Å²) >= 11 is 0. The van der Waals surface area contributed by atoms with Crippen molar-refractivity contribution in [3.8, 4) is 0 Å². The zero-order valence-corrected chi connectivity index (χ0v) is 21.3. The maximum atomic E-state index is 15.0. The van der Waals surface area contributed by atoms with Gasteiger partial charge in [0.1, 0.15) is 17.8 Å². The molecule has 1 aliphatic rings. The van der Waals surface area contributed by atoms with E-state index in [1.165, 1.54) is 18.3 Å². The monoisotopic (exact) mass is 555 g/mol. The van der Waals surface area contributed by atoms with Crippen molar-refractivity contribution in [3.05, 3.63) is 77.8 Å². The number of alkyl halides is 3. The fraction of sp³-hybridized carbons (Fsp3) is 0.360. The van der Waals surface area contributed by atoms with Crippen molar-refractivity contribution in [2.45, 2.75) is 48.3 Å². The lowest BCUT2D eigenvalue weighted by atomic mass is 9.78. The van der Waals surface area contributed by atoms with Gasteiger partial charge in [-0.1, -0.05) is 18.2 Å². The lowest BCUT2D eigenvalue weighted by molar-refractivity contribution is -0.137. The molecule has 0 amide bonds. The minimum absolute atomic E-state index is 0.0608. The Morgan fingerprint density at radius 1 is 1.03 bits per heavy atom. The second-order valence-corrected chi connectivity index (χ2v) is 11.1. The van der Waals surface area contributed by atoms with E-state index in [1.807, 2.05) is 4.90 Å². The Hall–Kier alpha value is -3.32. The quantitative estimate of drug-likeness (QED) is 0.387. The molecule has 2 N–H and O–H groups in total. The molecule has 1 aliphatic carbocycles. The van der Waals surface area contributed by atoms with Gasteiger partial charge in [0.25, 0.3) is 10.0 Å². The number of rotatable bonds is 7. The van der Waals surface area contributed by atoms with Crippen LogP contribution < -0.4 is 10.0 Å². The van der Waals surface area contributed by atoms with Crippen molar-refractivity contribution < 1.29 is 30.4 Å². The number of nitrogens with zero attached hydrogens (tertiary/aromatic N) is 3. The Kier molecular flexibility index (Phi) is 7.88. The van der Waals surface area contributed by atoms with Crippen molar-refractivity contribution >= 4 is 21.5 Å². The maximum Gasteiger partial charge on any atom is 0.416 e. The molecule has 13 heteroatoms. The average Bonchev–Trinajstić information content (AvgIpc) is 2.86. The first-order chi connectivity index (χ1) is 17.8. The van der Waals surface area contributed by atoms with Gasteiger partial charge in [0, 0.05) is 18.3 Å². The van der Waals surface area contributed by atoms with E-state index in [4.69, 9.17) is 0 Å². The SMILES string of the molecule is CN(C)[C@H]1C[C@@H](c2cccc(C(F)(F)F)c2)CC[C@@H]1Nc1c(F)cc(S(=O)(=O)Nc2ccncn2)cc1F. The molecular weight excluding hydrogens is 529 g/mol. The highest BCUT2D eigenvalue weighted by Crippen LogP contribution is 2.39. The van der Waals surface area contributed by atoms with Crippen molar-refractivity contribution in [2.24, 2.45) is 0 Å². The molecule has 0 radical (unpaired) electrons. The summed E-state index contributed by atoms with van der Waals surface area (Å²) in [5.41, 5.74) is -0.626. The Morgan fingerprint density at radius 2 is 1.74 bits per heavy atom. The van der Waals surface area contributed by atoms with E-state index in [2.05, 4.69) is 20.0 Å². The molecule has 7 nitrogen and oxygen atoms in total. The number of benzene rings is 2. The molecule has 3 atom stereocenters. The molecule has 0 aliphatic heterocycles. The van der Waals surface area contributed by atoms with E-state index in [9.17, 15) is 21.6 Å². The van der Waals surface area contributed by atoms with E-state index >= 15 is 8.78 Å². The van der Waals surface area contributed by atoms with Gasteiger partial charge >= 0.3 is 6.18 Å². The molecule has 1 fully saturated rings. The van der Waals surface area contributed by atoms with E-state index in [1.54, 1.807) is 20.2 Å². The van der Waals surface area contributed by atoms with Gasteiger partial charge in [-0.05, 0) is 69.1 Å². The van der Waals surface area contributed by atoms with Gasteiger partial charge in [-0.3, -0.25) is 4.72 Å². The fourth-order valence-electron chi connectivity index (χ4n) is 4.73. The maximum absolute atomic E-state index is 15.0. The van der Waals surface area contributed by atoms with Gasteiger partial charge in [0.15, 0.2) is 11.6 Å². The molecule has 0 saturated heterocycles. The Morgan fingerprint density at radius 3 is 2.34 bits per heavy atom. The van der Waals surface area contributed by atoms with Crippen LogP contribution in [0.1, 0.15) is 36.3 Å². The van der Waals surface area contributed by atoms with Gasteiger partial charge in [0.05, 0.1) is 10.5 Å². The van der Waals surface area contributed by atoms with Crippen LogP contribution in [0.3, 0.4) is 0 Å². The molecule has 0 unspecified atom stereocenters. The molecule has 4 rings (SSSR count). The highest BCUT2D eigenvalue weighted by Gasteiger charge is 2.36. The van der Waals surface area contributed by atoms with Crippen LogP contribution >= 0.6 is 0 Å². The van der Waals surface area contributed by atoms with Crippen LogP contribution in [-0.2, 0) is 16.2 Å². The Labute approximate surface area is 217 Å². The molecule has 0 spiro atoms. The van der Waals surface area contributed by atoms with Crippen molar-refractivity contribution in [3.63, 3.8) is 0 Å². The molecule has 1 heterocycles. The predicted octanol–water partition coefficient (Wildman–Crippen LogP) is 5.25. The Bertz CT molecular complexity index is 1360. The first-order valence-corrected chi connectivity index (χ1v) is 13.2. The molecule has 204 valence electrons. The van der Waals surface area contributed by atoms with Crippen molar-refractivity contribution in [1.29, 1.82) is 0 Å². The summed E-state index contributed by atoms with van der Waals surface area (Å²) in [6, 6.07) is 7.25. The smallest absolute Gasteiger partial charge is 0.376 e. The van der Waals surface area contributed by atoms with Gasteiger partial charge in [-0.2, -0.15) is 13.2 Å². The standard InChI is InChI=1S/C25H26F5N5O2S/c1-35(2)22-11-16(15-4-3-5-17(10-15)25(28,29)30)6-7-21(22)33-24-19(26)12-18(13-20(24)27)38(36,37)34-23-8-9-31-14-32-23/h3-5,8-10,12-14,16,21-22,33H,6-7,11H2,1-2H3,(H,31,32,34)/t16-,21-,22-/m0/s1. The van der Waals surface area contributed by atoms with Crippen LogP contribution in [-0.4, -0.2) is 49.5 Å². The van der Waals surface area contributed by atoms with Crippen LogP contribution in [0.5, 0.6) is 0 Å². The van der Waals surface area contributed by atoms with Crippen LogP contribution in [0.25, 0.3) is 0 Å². The van der Waals surface area contributed by atoms with Gasteiger partial charge in [-0.25, -0.2) is 27.2 Å². The summed E-state index contributed by atoms with van der Waals surface area (Å²) in [6.45, 7) is 0. The highest BCUT2D eigenvalue weighted by molar-refractivity contribution is 7.92. The summed E-state index contributed by atoms with van der Waals surface area (Å²) in [5.74, 6) is -2.41. The van der Waals surface area contributed by atoms with E-state index in [0.29, 0.717) is 37.0 Å². The van der Waals surface area contributed by atoms with E-state index < -0.39 is 50.0 Å². The number of likely N-dealkylation sites (N-methyl/N-ethyl adjacent to an activating group) is 1. The number of aromatic nitrogens is 2. The number of hydrogen-bond donors (Lipinski definition) is 2. The van der Waals surface area contributed by atoms with Crippen molar-refractivity contribution in [2.75, 3.05) is 24.1 Å². The molecule has 38 heavy (non-hydrogen) atoms. The minimum atomic E-state index is -4.45. The lowest BCUT2D eigenvalue weighted by Crippen LogP contribution is -2.47. The topological polar surface area (TPSA) is 87.2 Å². The molecule has 0 bridgehead atoms. The molecule has 2 aromatic carbocycles. The summed E-state index contributed by atoms with van der Waals surface area (Å²) in [7, 11) is -0.747. The highest BCUT2D eigenvalue weighted by atomic mass is 32.2. The van der Waals surface area contributed by atoms with Crippen LogP contribution in [0.4, 0.5) is 33.5 Å². The lowest BCUT2D eigenvalue weighted by Gasteiger charge is -2.41. The van der Waals surface area contributed by atoms with Crippen molar-refractivity contribution in [1.82, 2.24) is 14.9 Å². The number of nitrogens with one attached hydrogen (secondary N) is 2. The normalized spacial score (nSPS) is 20.4. The number of hydrogen-bond acceptors (Lipinski definition) is 6. The van der Waals surface area contributed by atoms with Crippen LogP contribution in [0, 0.1) is 11.6 Å². The summed E-state index contributed by atoms with van der Waals surface area (Å²) < 4.78 is 97.0. The third-order valence-electron chi connectivity index (χ3n) is 6.64. The van der Waals surface area contributed by atoms with Gasteiger partial charge in [-0.15, -0.1) is 0 Å².